The van der Waals surface area contributed by atoms with Crippen LogP contribution in [0.5, 0.6) is 0 Å². The Morgan fingerprint density at radius 2 is 1.74 bits per heavy atom. The Kier molecular flexibility index (Phi) is 5.28. The number of halogens is 1. The van der Waals surface area contributed by atoms with Crippen molar-refractivity contribution in [2.75, 3.05) is 13.1 Å². The molecular weight excluding hydrogens is 297 g/mol. The van der Waals surface area contributed by atoms with Gasteiger partial charge in [-0.3, -0.25) is 9.69 Å². The van der Waals surface area contributed by atoms with Gasteiger partial charge in [-0.1, -0.05) is 12.1 Å². The Bertz CT molecular complexity index is 530. The van der Waals surface area contributed by atoms with Crippen molar-refractivity contribution in [1.29, 1.82) is 0 Å². The van der Waals surface area contributed by atoms with Crippen LogP contribution in [0.3, 0.4) is 0 Å². The van der Waals surface area contributed by atoms with Crippen LogP contribution in [-0.4, -0.2) is 41.3 Å². The van der Waals surface area contributed by atoms with E-state index in [1.807, 2.05) is 4.90 Å². The molecule has 126 valence electrons. The van der Waals surface area contributed by atoms with Crippen molar-refractivity contribution in [3.05, 3.63) is 35.6 Å². The topological polar surface area (TPSA) is 49.8 Å². The minimum Gasteiger partial charge on any atom is -0.480 e. The normalized spacial score (nSPS) is 24.7. The molecule has 1 saturated heterocycles. The molecule has 0 spiro atoms. The van der Waals surface area contributed by atoms with E-state index in [2.05, 4.69) is 0 Å². The van der Waals surface area contributed by atoms with Crippen molar-refractivity contribution >= 4 is 5.97 Å². The lowest BCUT2D eigenvalue weighted by Gasteiger charge is -2.30. The van der Waals surface area contributed by atoms with Crippen LogP contribution in [0.2, 0.25) is 0 Å². The highest BCUT2D eigenvalue weighted by Gasteiger charge is 2.31. The number of aliphatic carboxylic acids is 1. The average molecular weight is 321 g/mol. The summed E-state index contributed by atoms with van der Waals surface area (Å²) in [6.07, 6.45) is 7.02. The summed E-state index contributed by atoms with van der Waals surface area (Å²) >= 11 is 0. The maximum atomic E-state index is 13.1. The molecule has 1 aliphatic heterocycles. The average Bonchev–Trinajstić information content (AvgIpc) is 2.71. The first-order chi connectivity index (χ1) is 11.1. The highest BCUT2D eigenvalue weighted by molar-refractivity contribution is 5.75. The van der Waals surface area contributed by atoms with Gasteiger partial charge in [-0.15, -0.1) is 0 Å². The number of benzene rings is 1. The molecule has 1 N–H and O–H groups in total. The molecule has 2 atom stereocenters. The van der Waals surface area contributed by atoms with Gasteiger partial charge in [-0.25, -0.2) is 4.39 Å². The number of likely N-dealkylation sites (tertiary alicyclic amines) is 1. The van der Waals surface area contributed by atoms with Crippen molar-refractivity contribution in [2.24, 2.45) is 0 Å². The number of carboxylic acids is 1. The first-order valence-corrected chi connectivity index (χ1v) is 8.51. The Labute approximate surface area is 136 Å². The molecule has 2 unspecified atom stereocenters. The Morgan fingerprint density at radius 3 is 2.35 bits per heavy atom. The highest BCUT2D eigenvalue weighted by Crippen LogP contribution is 2.29. The zero-order chi connectivity index (χ0) is 16.2. The van der Waals surface area contributed by atoms with Gasteiger partial charge in [-0.2, -0.15) is 0 Å². The molecule has 1 aromatic carbocycles. The van der Waals surface area contributed by atoms with Gasteiger partial charge in [0.25, 0.3) is 0 Å². The second kappa shape index (κ2) is 7.41. The maximum Gasteiger partial charge on any atom is 0.325 e. The van der Waals surface area contributed by atoms with Gasteiger partial charge in [0.1, 0.15) is 11.9 Å². The molecule has 4 nitrogen and oxygen atoms in total. The Balaban J connectivity index is 1.65. The fourth-order valence-corrected chi connectivity index (χ4v) is 3.42. The number of ether oxygens (including phenoxy) is 1. The molecule has 0 aromatic heterocycles. The van der Waals surface area contributed by atoms with E-state index in [0.717, 1.165) is 38.6 Å². The van der Waals surface area contributed by atoms with Gasteiger partial charge in [-0.05, 0) is 62.8 Å². The van der Waals surface area contributed by atoms with Gasteiger partial charge in [0.15, 0.2) is 0 Å². The number of hydrogen-bond donors (Lipinski definition) is 1. The first-order valence-electron chi connectivity index (χ1n) is 8.51. The largest absolute Gasteiger partial charge is 0.480 e. The lowest BCUT2D eigenvalue weighted by atomic mass is 9.95. The summed E-state index contributed by atoms with van der Waals surface area (Å²) in [6, 6.07) is 5.08. The summed E-state index contributed by atoms with van der Waals surface area (Å²) in [6.45, 7) is 1.44. The lowest BCUT2D eigenvalue weighted by molar-refractivity contribution is -0.143. The summed E-state index contributed by atoms with van der Waals surface area (Å²) in [5.74, 6) is -1.22. The molecule has 2 fully saturated rings. The second-order valence-electron chi connectivity index (χ2n) is 6.57. The number of rotatable bonds is 5. The third-order valence-corrected chi connectivity index (χ3v) is 4.93. The van der Waals surface area contributed by atoms with Crippen molar-refractivity contribution in [1.82, 2.24) is 4.90 Å². The minimum atomic E-state index is -0.880. The smallest absolute Gasteiger partial charge is 0.325 e. The van der Waals surface area contributed by atoms with E-state index in [9.17, 15) is 14.3 Å². The molecule has 23 heavy (non-hydrogen) atoms. The first kappa shape index (κ1) is 16.4. The van der Waals surface area contributed by atoms with Crippen LogP contribution in [0, 0.1) is 5.82 Å². The minimum absolute atomic E-state index is 0.243. The van der Waals surface area contributed by atoms with E-state index < -0.39 is 12.0 Å². The summed E-state index contributed by atoms with van der Waals surface area (Å²) in [5.41, 5.74) is 0.636. The van der Waals surface area contributed by atoms with E-state index in [1.165, 1.54) is 18.6 Å². The van der Waals surface area contributed by atoms with Gasteiger partial charge in [0.05, 0.1) is 12.2 Å². The van der Waals surface area contributed by atoms with E-state index >= 15 is 0 Å². The quantitative estimate of drug-likeness (QED) is 0.903. The Hall–Kier alpha value is -1.46. The molecule has 3 rings (SSSR count). The standard InChI is InChI=1S/C18H24FNO3/c19-14-8-6-13(7-9-14)17(18(21)22)20-11-2-5-16(10-12-20)23-15-3-1-4-15/h6-9,15-17H,1-5,10-12H2,(H,21,22). The monoisotopic (exact) mass is 321 g/mol. The predicted octanol–water partition coefficient (Wildman–Crippen LogP) is 3.38. The zero-order valence-electron chi connectivity index (χ0n) is 13.3. The molecule has 1 aromatic rings. The summed E-state index contributed by atoms with van der Waals surface area (Å²) in [7, 11) is 0. The van der Waals surface area contributed by atoms with E-state index in [-0.39, 0.29) is 11.9 Å². The van der Waals surface area contributed by atoms with Gasteiger partial charge < -0.3 is 9.84 Å². The zero-order valence-corrected chi connectivity index (χ0v) is 13.3. The summed E-state index contributed by atoms with van der Waals surface area (Å²) < 4.78 is 19.2. The van der Waals surface area contributed by atoms with Crippen molar-refractivity contribution < 1.29 is 19.0 Å². The second-order valence-corrected chi connectivity index (χ2v) is 6.57. The number of carbonyl (C=O) groups is 1. The van der Waals surface area contributed by atoms with Crippen LogP contribution in [0.25, 0.3) is 0 Å². The van der Waals surface area contributed by atoms with Crippen LogP contribution in [0.1, 0.15) is 50.1 Å². The molecule has 1 aliphatic carbocycles. The highest BCUT2D eigenvalue weighted by atomic mass is 19.1. The van der Waals surface area contributed by atoms with Crippen molar-refractivity contribution in [3.8, 4) is 0 Å². The van der Waals surface area contributed by atoms with Crippen LogP contribution >= 0.6 is 0 Å². The molecule has 0 amide bonds. The van der Waals surface area contributed by atoms with Gasteiger partial charge >= 0.3 is 5.97 Å². The molecule has 1 saturated carbocycles. The lowest BCUT2D eigenvalue weighted by Crippen LogP contribution is -2.35. The number of hydrogen-bond acceptors (Lipinski definition) is 3. The summed E-state index contributed by atoms with van der Waals surface area (Å²) in [4.78, 5) is 13.7. The fraction of sp³-hybridized carbons (Fsp3) is 0.611. The predicted molar refractivity (Wildman–Crippen MR) is 84.7 cm³/mol. The number of carboxylic acid groups (broad SMARTS) is 1. The Morgan fingerprint density at radius 1 is 1.09 bits per heavy atom. The molecule has 5 heteroatoms. The van der Waals surface area contributed by atoms with E-state index in [4.69, 9.17) is 4.74 Å². The third-order valence-electron chi connectivity index (χ3n) is 4.93. The maximum absolute atomic E-state index is 13.1. The fourth-order valence-electron chi connectivity index (χ4n) is 3.42. The van der Waals surface area contributed by atoms with Gasteiger partial charge in [0, 0.05) is 6.54 Å². The molecule has 0 bridgehead atoms. The summed E-state index contributed by atoms with van der Waals surface area (Å²) in [5, 5.41) is 9.63. The van der Waals surface area contributed by atoms with E-state index in [1.54, 1.807) is 12.1 Å². The molecule has 2 aliphatic rings. The van der Waals surface area contributed by atoms with Crippen LogP contribution in [0.15, 0.2) is 24.3 Å². The van der Waals surface area contributed by atoms with E-state index in [0.29, 0.717) is 18.2 Å². The third kappa shape index (κ3) is 4.09. The molecule has 1 heterocycles. The molecule has 0 radical (unpaired) electrons. The van der Waals surface area contributed by atoms with Crippen LogP contribution < -0.4 is 0 Å². The van der Waals surface area contributed by atoms with Crippen molar-refractivity contribution in [3.63, 3.8) is 0 Å². The van der Waals surface area contributed by atoms with Crippen molar-refractivity contribution in [2.45, 2.75) is 56.8 Å². The van der Waals surface area contributed by atoms with Crippen LogP contribution in [-0.2, 0) is 9.53 Å². The van der Waals surface area contributed by atoms with Gasteiger partial charge in [0.2, 0.25) is 0 Å². The number of nitrogens with zero attached hydrogens (tertiary/aromatic N) is 1. The van der Waals surface area contributed by atoms with Crippen LogP contribution in [0.4, 0.5) is 4.39 Å². The molecular formula is C18H24FNO3. The SMILES string of the molecule is O=C(O)C(c1ccc(F)cc1)N1CCCC(OC2CCC2)CC1.